The van der Waals surface area contributed by atoms with Crippen LogP contribution in [0.3, 0.4) is 0 Å². The molecule has 1 heterocycles. The second-order valence-electron chi connectivity index (χ2n) is 4.20. The molecular weight excluding hydrogens is 284 g/mol. The Bertz CT molecular complexity index is 308. The molecule has 1 aromatic heterocycles. The summed E-state index contributed by atoms with van der Waals surface area (Å²) in [6.45, 7) is 0. The van der Waals surface area contributed by atoms with Crippen LogP contribution in [0.5, 0.6) is 0 Å². The Morgan fingerprint density at radius 3 is 2.65 bits per heavy atom. The molecular formula is C12H19BrN2O2. The lowest BCUT2D eigenvalue weighted by atomic mass is 9.87. The van der Waals surface area contributed by atoms with Crippen molar-refractivity contribution in [2.24, 2.45) is 5.92 Å². The Morgan fingerprint density at radius 2 is 2.24 bits per heavy atom. The number of carbonyl (C=O) groups excluding carboxylic acids is 1. The van der Waals surface area contributed by atoms with Crippen molar-refractivity contribution < 1.29 is 9.53 Å². The van der Waals surface area contributed by atoms with Crippen LogP contribution in [0.2, 0.25) is 0 Å². The van der Waals surface area contributed by atoms with Crippen molar-refractivity contribution in [3.63, 3.8) is 0 Å². The van der Waals surface area contributed by atoms with E-state index in [4.69, 9.17) is 0 Å². The number of nitrogens with one attached hydrogen (secondary N) is 1. The third-order valence-corrected chi connectivity index (χ3v) is 3.31. The van der Waals surface area contributed by atoms with Gasteiger partial charge in [0.05, 0.1) is 17.8 Å². The van der Waals surface area contributed by atoms with Gasteiger partial charge in [-0.1, -0.05) is 19.3 Å². The van der Waals surface area contributed by atoms with Crippen LogP contribution in [0, 0.1) is 5.92 Å². The number of rotatable bonds is 2. The van der Waals surface area contributed by atoms with E-state index in [1.807, 2.05) is 0 Å². The zero-order chi connectivity index (χ0) is 12.5. The standard InChI is InChI=1S/C9H16O2.C3H3BrN2/c1-11-9(10)7-8-5-3-2-4-6-8;4-3-1-5-6-2-3/h8H,2-7H2,1H3;1-2H,(H,5,6). The number of H-pyrrole nitrogens is 1. The molecule has 96 valence electrons. The molecule has 1 saturated carbocycles. The first-order valence-electron chi connectivity index (χ1n) is 5.93. The minimum absolute atomic E-state index is 0.0445. The molecule has 5 heteroatoms. The van der Waals surface area contributed by atoms with E-state index < -0.39 is 0 Å². The summed E-state index contributed by atoms with van der Waals surface area (Å²) in [5.41, 5.74) is 0. The first-order valence-corrected chi connectivity index (χ1v) is 6.72. The lowest BCUT2D eigenvalue weighted by Gasteiger charge is -2.19. The first kappa shape index (κ1) is 14.2. The Morgan fingerprint density at radius 1 is 1.53 bits per heavy atom. The number of esters is 1. The Kier molecular flexibility index (Phi) is 6.93. The molecule has 1 aliphatic carbocycles. The predicted molar refractivity (Wildman–Crippen MR) is 69.5 cm³/mol. The maximum Gasteiger partial charge on any atom is 0.305 e. The van der Waals surface area contributed by atoms with Crippen LogP contribution in [-0.2, 0) is 9.53 Å². The Labute approximate surface area is 110 Å². The summed E-state index contributed by atoms with van der Waals surface area (Å²) in [6, 6.07) is 0. The second kappa shape index (κ2) is 8.28. The molecule has 0 bridgehead atoms. The number of halogens is 1. The third kappa shape index (κ3) is 6.46. The fourth-order valence-corrected chi connectivity index (χ4v) is 2.15. The van der Waals surface area contributed by atoms with Crippen molar-refractivity contribution >= 4 is 21.9 Å². The van der Waals surface area contributed by atoms with Crippen LogP contribution in [0.1, 0.15) is 38.5 Å². The van der Waals surface area contributed by atoms with Crippen molar-refractivity contribution in [2.75, 3.05) is 7.11 Å². The van der Waals surface area contributed by atoms with Crippen molar-refractivity contribution in [1.29, 1.82) is 0 Å². The summed E-state index contributed by atoms with van der Waals surface area (Å²) in [7, 11) is 1.46. The molecule has 0 aromatic carbocycles. The molecule has 17 heavy (non-hydrogen) atoms. The van der Waals surface area contributed by atoms with Crippen LogP contribution in [0.15, 0.2) is 16.9 Å². The van der Waals surface area contributed by atoms with Crippen LogP contribution in [0.4, 0.5) is 0 Å². The molecule has 1 aromatic rings. The molecule has 1 N–H and O–H groups in total. The van der Waals surface area contributed by atoms with Crippen molar-refractivity contribution in [3.05, 3.63) is 16.9 Å². The van der Waals surface area contributed by atoms with E-state index in [9.17, 15) is 4.79 Å². The van der Waals surface area contributed by atoms with Gasteiger partial charge in [-0.05, 0) is 34.7 Å². The molecule has 1 aliphatic rings. The zero-order valence-electron chi connectivity index (χ0n) is 10.1. The van der Waals surface area contributed by atoms with Gasteiger partial charge in [-0.15, -0.1) is 0 Å². The highest BCUT2D eigenvalue weighted by Gasteiger charge is 2.16. The SMILES string of the molecule is Brc1cn[nH]c1.COC(=O)CC1CCCCC1. The maximum absolute atomic E-state index is 10.9. The van der Waals surface area contributed by atoms with E-state index >= 15 is 0 Å². The van der Waals surface area contributed by atoms with E-state index in [0.717, 1.165) is 4.47 Å². The topological polar surface area (TPSA) is 55.0 Å². The molecule has 0 unspecified atom stereocenters. The molecule has 0 spiro atoms. The van der Waals surface area contributed by atoms with Gasteiger partial charge in [0.2, 0.25) is 0 Å². The van der Waals surface area contributed by atoms with Gasteiger partial charge < -0.3 is 4.74 Å². The highest BCUT2D eigenvalue weighted by Crippen LogP contribution is 2.26. The fourth-order valence-electron chi connectivity index (χ4n) is 1.95. The molecule has 0 saturated heterocycles. The van der Waals surface area contributed by atoms with Gasteiger partial charge in [0.15, 0.2) is 0 Å². The summed E-state index contributed by atoms with van der Waals surface area (Å²) in [5, 5.41) is 6.28. The van der Waals surface area contributed by atoms with Crippen LogP contribution in [0.25, 0.3) is 0 Å². The van der Waals surface area contributed by atoms with E-state index in [0.29, 0.717) is 12.3 Å². The number of nitrogens with zero attached hydrogens (tertiary/aromatic N) is 1. The van der Waals surface area contributed by atoms with Gasteiger partial charge in [-0.3, -0.25) is 9.89 Å². The first-order chi connectivity index (χ1) is 8.22. The van der Waals surface area contributed by atoms with Gasteiger partial charge in [0.1, 0.15) is 0 Å². The summed E-state index contributed by atoms with van der Waals surface area (Å²) in [6.07, 6.45) is 10.5. The molecule has 4 nitrogen and oxygen atoms in total. The number of aromatic nitrogens is 2. The van der Waals surface area contributed by atoms with E-state index in [1.54, 1.807) is 12.4 Å². The lowest BCUT2D eigenvalue weighted by Crippen LogP contribution is -2.12. The van der Waals surface area contributed by atoms with Crippen molar-refractivity contribution in [1.82, 2.24) is 10.2 Å². The van der Waals surface area contributed by atoms with Gasteiger partial charge in [0.25, 0.3) is 0 Å². The van der Waals surface area contributed by atoms with Crippen molar-refractivity contribution in [2.45, 2.75) is 38.5 Å². The molecule has 0 radical (unpaired) electrons. The highest BCUT2D eigenvalue weighted by atomic mass is 79.9. The van der Waals surface area contributed by atoms with Gasteiger partial charge >= 0.3 is 5.97 Å². The fraction of sp³-hybridized carbons (Fsp3) is 0.667. The van der Waals surface area contributed by atoms with E-state index in [1.165, 1.54) is 39.2 Å². The monoisotopic (exact) mass is 302 g/mol. The number of aromatic amines is 1. The van der Waals surface area contributed by atoms with Crippen molar-refractivity contribution in [3.8, 4) is 0 Å². The minimum Gasteiger partial charge on any atom is -0.469 e. The van der Waals surface area contributed by atoms with Crippen LogP contribution < -0.4 is 0 Å². The quantitative estimate of drug-likeness (QED) is 0.853. The largest absolute Gasteiger partial charge is 0.469 e. The average molecular weight is 303 g/mol. The second-order valence-corrected chi connectivity index (χ2v) is 5.12. The molecule has 0 aliphatic heterocycles. The van der Waals surface area contributed by atoms with Crippen LogP contribution in [-0.4, -0.2) is 23.3 Å². The summed E-state index contributed by atoms with van der Waals surface area (Å²) < 4.78 is 5.60. The number of hydrogen-bond donors (Lipinski definition) is 1. The normalized spacial score (nSPS) is 15.9. The predicted octanol–water partition coefficient (Wildman–Crippen LogP) is 3.30. The Balaban J connectivity index is 0.000000202. The zero-order valence-corrected chi connectivity index (χ0v) is 11.7. The van der Waals surface area contributed by atoms with E-state index in [-0.39, 0.29) is 5.97 Å². The average Bonchev–Trinajstić information content (AvgIpc) is 2.82. The molecule has 1 fully saturated rings. The van der Waals surface area contributed by atoms with E-state index in [2.05, 4.69) is 30.9 Å². The molecule has 2 rings (SSSR count). The summed E-state index contributed by atoms with van der Waals surface area (Å²) >= 11 is 3.19. The summed E-state index contributed by atoms with van der Waals surface area (Å²) in [5.74, 6) is 0.563. The molecule has 0 amide bonds. The van der Waals surface area contributed by atoms with Gasteiger partial charge in [0, 0.05) is 12.6 Å². The van der Waals surface area contributed by atoms with Gasteiger partial charge in [-0.2, -0.15) is 5.10 Å². The maximum atomic E-state index is 10.9. The van der Waals surface area contributed by atoms with Gasteiger partial charge in [-0.25, -0.2) is 0 Å². The number of hydrogen-bond acceptors (Lipinski definition) is 3. The number of ether oxygens (including phenoxy) is 1. The van der Waals surface area contributed by atoms with Crippen LogP contribution >= 0.6 is 15.9 Å². The summed E-state index contributed by atoms with van der Waals surface area (Å²) in [4.78, 5) is 10.9. The third-order valence-electron chi connectivity index (χ3n) is 2.87. The minimum atomic E-state index is -0.0445. The Hall–Kier alpha value is -0.840. The highest BCUT2D eigenvalue weighted by molar-refractivity contribution is 9.10. The lowest BCUT2D eigenvalue weighted by molar-refractivity contribution is -0.141. The number of carbonyl (C=O) groups is 1. The number of methoxy groups -OCH3 is 1. The smallest absolute Gasteiger partial charge is 0.305 e. The molecule has 0 atom stereocenters.